The number of benzene rings is 4. The zero-order chi connectivity index (χ0) is 51.4. The van der Waals surface area contributed by atoms with E-state index in [0.29, 0.717) is 93.9 Å². The smallest absolute Gasteiger partial charge is 0.344 e. The highest BCUT2D eigenvalue weighted by Gasteiger charge is 2.80. The average Bonchev–Trinajstić information content (AvgIpc) is 4.07. The molecule has 0 radical (unpaired) electrons. The van der Waals surface area contributed by atoms with Crippen molar-refractivity contribution in [3.8, 4) is 11.5 Å². The van der Waals surface area contributed by atoms with Crippen molar-refractivity contribution in [1.29, 1.82) is 0 Å². The molecule has 1 unspecified atom stereocenters. The van der Waals surface area contributed by atoms with Crippen LogP contribution < -0.4 is 19.7 Å². The molecule has 1 aliphatic carbocycles. The number of nitrogens with one attached hydrogen (secondary N) is 2. The number of aromatic nitrogens is 1. The van der Waals surface area contributed by atoms with Gasteiger partial charge in [0.05, 0.1) is 40.0 Å². The summed E-state index contributed by atoms with van der Waals surface area (Å²) >= 11 is 0. The Morgan fingerprint density at radius 2 is 1.62 bits per heavy atom. The van der Waals surface area contributed by atoms with Gasteiger partial charge in [0.2, 0.25) is 5.60 Å². The molecule has 6 aliphatic rings. The molecule has 1 saturated carbocycles. The first-order valence-electron chi connectivity index (χ1n) is 25.8. The number of hydrogen-bond donors (Lipinski definition) is 3. The van der Waals surface area contributed by atoms with Crippen LogP contribution in [0.2, 0.25) is 0 Å². The highest BCUT2D eigenvalue weighted by molar-refractivity contribution is 6.01. The zero-order valence-electron chi connectivity index (χ0n) is 43.1. The molecule has 5 aromatic rings. The van der Waals surface area contributed by atoms with Gasteiger partial charge in [0.1, 0.15) is 16.9 Å². The number of ether oxygens (including phenoxy) is 5. The van der Waals surface area contributed by atoms with Gasteiger partial charge in [-0.2, -0.15) is 0 Å². The molecule has 2 bridgehead atoms. The van der Waals surface area contributed by atoms with Gasteiger partial charge in [-0.15, -0.1) is 0 Å². The number of piperidine rings is 1. The molecule has 4 aromatic carbocycles. The third-order valence-electron chi connectivity index (χ3n) is 18.3. The minimum atomic E-state index is -2.34. The summed E-state index contributed by atoms with van der Waals surface area (Å²) in [4.78, 5) is 68.8. The van der Waals surface area contributed by atoms with Gasteiger partial charge in [-0.25, -0.2) is 4.79 Å². The Balaban J connectivity index is 1.11. The van der Waals surface area contributed by atoms with Gasteiger partial charge in [-0.05, 0) is 97.8 Å². The number of carbonyl (C=O) groups excluding carboxylic acids is 4. The predicted octanol–water partition coefficient (Wildman–Crippen LogP) is 6.59. The van der Waals surface area contributed by atoms with E-state index in [1.165, 1.54) is 21.1 Å². The zero-order valence-corrected chi connectivity index (χ0v) is 43.1. The van der Waals surface area contributed by atoms with Gasteiger partial charge in [-0.3, -0.25) is 19.3 Å². The van der Waals surface area contributed by atoms with Crippen LogP contribution in [-0.2, 0) is 45.8 Å². The monoisotopic (exact) mass is 993 g/mol. The Morgan fingerprint density at radius 1 is 0.836 bits per heavy atom. The maximum absolute atomic E-state index is 15.8. The third-order valence-corrected chi connectivity index (χ3v) is 18.3. The molecule has 5 aliphatic heterocycles. The molecular formula is C58H67N5O10. The second-order valence-corrected chi connectivity index (χ2v) is 21.6. The lowest BCUT2D eigenvalue weighted by Crippen LogP contribution is -2.81. The Hall–Kier alpha value is -6.42. The van der Waals surface area contributed by atoms with Gasteiger partial charge in [0.25, 0.3) is 5.91 Å². The van der Waals surface area contributed by atoms with Gasteiger partial charge >= 0.3 is 17.9 Å². The first kappa shape index (κ1) is 48.8. The average molecular weight is 994 g/mol. The van der Waals surface area contributed by atoms with Gasteiger partial charge < -0.3 is 48.9 Å². The molecule has 2 saturated heterocycles. The number of esters is 3. The van der Waals surface area contributed by atoms with E-state index in [-0.39, 0.29) is 17.9 Å². The van der Waals surface area contributed by atoms with Crippen molar-refractivity contribution < 1.29 is 48.0 Å². The van der Waals surface area contributed by atoms with Crippen LogP contribution in [0.5, 0.6) is 11.5 Å². The van der Waals surface area contributed by atoms with Gasteiger partial charge in [0.15, 0.2) is 6.10 Å². The summed E-state index contributed by atoms with van der Waals surface area (Å²) < 4.78 is 30.0. The summed E-state index contributed by atoms with van der Waals surface area (Å²) in [5, 5.41) is 19.9. The van der Waals surface area contributed by atoms with E-state index >= 15 is 4.79 Å². The van der Waals surface area contributed by atoms with Crippen molar-refractivity contribution in [3.63, 3.8) is 0 Å². The molecular weight excluding hydrogens is 927 g/mol. The standard InChI is InChI=1S/C58H67N5O10/c1-9-54(60-48(65)37-20-19-36-15-13-18-45(69-5)40(36)27-37)30-35-31-57(52(66)71-7,47-39(21-25-62(32-35)33-54)38-16-11-12-17-43(38)59-47)42-28-41-44(29-46(42)70-6)61(4)50-56(41)23-26-63-24-14-22-55(10-2,49(56)63)51(73-34(3)64)58(50,68)53(67)72-8/h11-20,22,27-29,35,49-51,59,68H,9-10,21,23-26,30-33H2,1-8H3,(H,60,65)/t35-,49+,50-,51-,54+,55-,56-,57+,58+/m1/s1. The molecule has 11 rings (SSSR count). The molecule has 3 N–H and O–H groups in total. The summed E-state index contributed by atoms with van der Waals surface area (Å²) in [6, 6.07) is 22.5. The first-order valence-corrected chi connectivity index (χ1v) is 25.8. The number of carbonyl (C=O) groups is 4. The second-order valence-electron chi connectivity index (χ2n) is 21.6. The molecule has 15 nitrogen and oxygen atoms in total. The Labute approximate surface area is 426 Å². The number of anilines is 1. The first-order chi connectivity index (χ1) is 35.1. The Bertz CT molecular complexity index is 3120. The molecule has 15 heteroatoms. The second kappa shape index (κ2) is 17.6. The topological polar surface area (TPSA) is 172 Å². The number of aromatic amines is 1. The van der Waals surface area contributed by atoms with E-state index in [1.807, 2.05) is 79.5 Å². The van der Waals surface area contributed by atoms with Crippen LogP contribution in [0.4, 0.5) is 5.69 Å². The van der Waals surface area contributed by atoms with E-state index in [0.717, 1.165) is 44.2 Å². The fraction of sp³-hybridized carbons (Fsp3) is 0.483. The molecule has 10 atom stereocenters. The number of likely N-dealkylation sites (N-methyl/N-ethyl adjacent to an activating group) is 1. The number of aliphatic hydroxyl groups is 1. The SMILES string of the molecule is CC[C@]1(NC(=O)c2ccc3cccc(OC)c3c2)C[C@H]2CN(CCc3c([nH]c4ccccc34)[C@@](C(=O)OC)(c3cc4c(cc3OC)N(C)[C@H]3[C@@](O)(C(=O)OC)[C@H](OC(C)=O)[C@]5(CC)C=CCN6CC[C@]43[C@@H]65)C2)C1. The number of para-hydroxylation sites is 1. The van der Waals surface area contributed by atoms with Crippen molar-refractivity contribution in [1.82, 2.24) is 20.1 Å². The largest absolute Gasteiger partial charge is 0.496 e. The number of H-pyrrole nitrogens is 1. The number of amides is 1. The van der Waals surface area contributed by atoms with Crippen molar-refractivity contribution in [2.24, 2.45) is 11.3 Å². The third kappa shape index (κ3) is 6.79. The number of hydrogen-bond acceptors (Lipinski definition) is 13. The lowest BCUT2D eigenvalue weighted by atomic mass is 9.47. The lowest BCUT2D eigenvalue weighted by molar-refractivity contribution is -0.228. The van der Waals surface area contributed by atoms with Crippen molar-refractivity contribution >= 4 is 51.2 Å². The number of methoxy groups -OCH3 is 4. The summed E-state index contributed by atoms with van der Waals surface area (Å²) in [5.74, 6) is -1.18. The summed E-state index contributed by atoms with van der Waals surface area (Å²) in [7, 11) is 7.80. The number of fused-ring (bicyclic) bond motifs is 7. The van der Waals surface area contributed by atoms with Crippen molar-refractivity contribution in [2.75, 3.05) is 73.1 Å². The predicted molar refractivity (Wildman–Crippen MR) is 276 cm³/mol. The summed E-state index contributed by atoms with van der Waals surface area (Å²) in [6.45, 7) is 8.66. The van der Waals surface area contributed by atoms with Crippen LogP contribution in [0.3, 0.4) is 0 Å². The molecule has 1 aromatic heterocycles. The van der Waals surface area contributed by atoms with E-state index in [1.54, 1.807) is 14.2 Å². The van der Waals surface area contributed by atoms with E-state index in [9.17, 15) is 19.5 Å². The molecule has 3 fully saturated rings. The van der Waals surface area contributed by atoms with Gasteiger partial charge in [-0.1, -0.05) is 62.4 Å². The minimum Gasteiger partial charge on any atom is -0.496 e. The maximum atomic E-state index is 15.8. The Kier molecular flexibility index (Phi) is 11.8. The van der Waals surface area contributed by atoms with E-state index in [4.69, 9.17) is 23.7 Å². The lowest BCUT2D eigenvalue weighted by Gasteiger charge is -2.63. The molecule has 6 heterocycles. The van der Waals surface area contributed by atoms with Crippen LogP contribution >= 0.6 is 0 Å². The van der Waals surface area contributed by atoms with Crippen LogP contribution in [-0.4, -0.2) is 141 Å². The maximum Gasteiger partial charge on any atom is 0.344 e. The Morgan fingerprint density at radius 3 is 2.34 bits per heavy atom. The fourth-order valence-corrected chi connectivity index (χ4v) is 15.6. The normalized spacial score (nSPS) is 32.0. The molecule has 1 spiro atoms. The van der Waals surface area contributed by atoms with E-state index < -0.39 is 57.4 Å². The van der Waals surface area contributed by atoms with Gasteiger partial charge in [0, 0.05) is 102 Å². The van der Waals surface area contributed by atoms with Crippen molar-refractivity contribution in [3.05, 3.63) is 113 Å². The molecule has 384 valence electrons. The fourth-order valence-electron chi connectivity index (χ4n) is 15.6. The number of rotatable bonds is 10. The highest BCUT2D eigenvalue weighted by Crippen LogP contribution is 2.68. The summed E-state index contributed by atoms with van der Waals surface area (Å²) in [6.07, 6.45) is 5.90. The van der Waals surface area contributed by atoms with Crippen molar-refractivity contribution in [2.45, 2.75) is 99.5 Å². The van der Waals surface area contributed by atoms with Crippen LogP contribution in [0.1, 0.15) is 85.6 Å². The highest BCUT2D eigenvalue weighted by atomic mass is 16.6. The van der Waals surface area contributed by atoms with Crippen LogP contribution in [0.25, 0.3) is 21.7 Å². The van der Waals surface area contributed by atoms with Crippen LogP contribution in [0.15, 0.2) is 84.9 Å². The van der Waals surface area contributed by atoms with Crippen LogP contribution in [0, 0.1) is 11.3 Å². The minimum absolute atomic E-state index is 0.157. The van der Waals surface area contributed by atoms with E-state index in [2.05, 4.69) is 51.3 Å². The summed E-state index contributed by atoms with van der Waals surface area (Å²) in [5.41, 5.74) is -1.17. The number of nitrogens with zero attached hydrogens (tertiary/aromatic N) is 3. The quantitative estimate of drug-likeness (QED) is 0.0779. The molecule has 1 amide bonds. The molecule has 73 heavy (non-hydrogen) atoms.